The quantitative estimate of drug-likeness (QED) is 0.701. The zero-order valence-corrected chi connectivity index (χ0v) is 7.61. The summed E-state index contributed by atoms with van der Waals surface area (Å²) in [4.78, 5) is 16.4. The van der Waals surface area contributed by atoms with Crippen LogP contribution in [-0.2, 0) is 0 Å². The first-order valence-electron chi connectivity index (χ1n) is 3.79. The van der Waals surface area contributed by atoms with Crippen LogP contribution >= 0.6 is 0 Å². The molecule has 3 N–H and O–H groups in total. The third kappa shape index (κ3) is 2.62. The van der Waals surface area contributed by atoms with Crippen LogP contribution < -0.4 is 16.0 Å². The number of urea groups is 1. The van der Waals surface area contributed by atoms with E-state index >= 15 is 0 Å². The van der Waals surface area contributed by atoms with E-state index in [1.54, 1.807) is 12.3 Å². The van der Waals surface area contributed by atoms with Crippen molar-refractivity contribution in [2.24, 2.45) is 5.73 Å². The number of aromatic nitrogens is 1. The highest BCUT2D eigenvalue weighted by molar-refractivity contribution is 5.86. The Morgan fingerprint density at radius 1 is 1.54 bits per heavy atom. The Balaban J connectivity index is 2.75. The summed E-state index contributed by atoms with van der Waals surface area (Å²) in [6.45, 7) is 0. The van der Waals surface area contributed by atoms with Crippen molar-refractivity contribution in [3.63, 3.8) is 0 Å². The van der Waals surface area contributed by atoms with Crippen LogP contribution in [0.3, 0.4) is 0 Å². The Hall–Kier alpha value is -1.78. The Kier molecular flexibility index (Phi) is 2.69. The molecular weight excluding hydrogens is 168 g/mol. The molecule has 5 nitrogen and oxygen atoms in total. The maximum Gasteiger partial charge on any atom is 0.317 e. The number of hydrogen-bond donors (Lipinski definition) is 2. The van der Waals surface area contributed by atoms with Crippen LogP contribution in [0, 0.1) is 0 Å². The normalized spacial score (nSPS) is 9.38. The number of carbonyl (C=O) groups excluding carboxylic acids is 1. The van der Waals surface area contributed by atoms with Crippen LogP contribution in [0.2, 0.25) is 0 Å². The first-order chi connectivity index (χ1) is 6.09. The van der Waals surface area contributed by atoms with Gasteiger partial charge in [0.05, 0.1) is 11.9 Å². The molecule has 1 aromatic rings. The van der Waals surface area contributed by atoms with Gasteiger partial charge in [-0.15, -0.1) is 0 Å². The fourth-order valence-electron chi connectivity index (χ4n) is 0.851. The van der Waals surface area contributed by atoms with E-state index in [1.807, 2.05) is 25.1 Å². The molecule has 70 valence electrons. The smallest absolute Gasteiger partial charge is 0.317 e. The molecule has 0 radical (unpaired) electrons. The van der Waals surface area contributed by atoms with Gasteiger partial charge in [-0.2, -0.15) is 0 Å². The van der Waals surface area contributed by atoms with Gasteiger partial charge in [0.25, 0.3) is 0 Å². The van der Waals surface area contributed by atoms with Gasteiger partial charge >= 0.3 is 6.03 Å². The molecule has 1 rings (SSSR count). The topological polar surface area (TPSA) is 71.2 Å². The number of nitrogens with two attached hydrogens (primary N) is 1. The summed E-state index contributed by atoms with van der Waals surface area (Å²) in [5.74, 6) is 0.457. The number of pyridine rings is 1. The lowest BCUT2D eigenvalue weighted by atomic mass is 10.4. The van der Waals surface area contributed by atoms with Gasteiger partial charge in [-0.3, -0.25) is 5.32 Å². The standard InChI is InChI=1S/C8H12N4O/c1-12(2)6-3-4-7(10-5-6)11-8(9)13/h3-5H,1-2H3,(H3,9,10,11,13). The molecule has 1 heterocycles. The van der Waals surface area contributed by atoms with Crippen molar-refractivity contribution in [3.05, 3.63) is 18.3 Å². The van der Waals surface area contributed by atoms with Gasteiger partial charge < -0.3 is 10.6 Å². The number of nitrogens with zero attached hydrogens (tertiary/aromatic N) is 2. The van der Waals surface area contributed by atoms with E-state index < -0.39 is 6.03 Å². The van der Waals surface area contributed by atoms with Gasteiger partial charge in [0.15, 0.2) is 0 Å². The lowest BCUT2D eigenvalue weighted by Gasteiger charge is -2.11. The van der Waals surface area contributed by atoms with Crippen LogP contribution in [0.25, 0.3) is 0 Å². The molecule has 0 unspecified atom stereocenters. The summed E-state index contributed by atoms with van der Waals surface area (Å²) in [5, 5.41) is 2.38. The number of amides is 2. The van der Waals surface area contributed by atoms with Gasteiger partial charge in [-0.25, -0.2) is 9.78 Å². The van der Waals surface area contributed by atoms with Crippen LogP contribution in [0.5, 0.6) is 0 Å². The van der Waals surface area contributed by atoms with Crippen molar-refractivity contribution in [1.82, 2.24) is 4.98 Å². The largest absolute Gasteiger partial charge is 0.376 e. The maximum atomic E-state index is 10.4. The van der Waals surface area contributed by atoms with E-state index in [1.165, 1.54) is 0 Å². The van der Waals surface area contributed by atoms with E-state index in [9.17, 15) is 4.79 Å². The van der Waals surface area contributed by atoms with Gasteiger partial charge in [-0.05, 0) is 12.1 Å². The second-order valence-corrected chi connectivity index (χ2v) is 2.79. The number of primary amides is 1. The molecule has 0 spiro atoms. The van der Waals surface area contributed by atoms with E-state index in [2.05, 4.69) is 10.3 Å². The zero-order chi connectivity index (χ0) is 9.84. The number of nitrogens with one attached hydrogen (secondary N) is 1. The molecule has 0 aliphatic heterocycles. The fourth-order valence-corrected chi connectivity index (χ4v) is 0.851. The van der Waals surface area contributed by atoms with Crippen molar-refractivity contribution in [2.75, 3.05) is 24.3 Å². The van der Waals surface area contributed by atoms with Gasteiger partial charge in [0, 0.05) is 14.1 Å². The van der Waals surface area contributed by atoms with Crippen LogP contribution in [0.1, 0.15) is 0 Å². The van der Waals surface area contributed by atoms with Crippen LogP contribution in [0.15, 0.2) is 18.3 Å². The van der Waals surface area contributed by atoms with Crippen molar-refractivity contribution in [2.45, 2.75) is 0 Å². The second-order valence-electron chi connectivity index (χ2n) is 2.79. The molecule has 2 amide bonds. The summed E-state index contributed by atoms with van der Waals surface area (Å²) in [7, 11) is 3.83. The number of carbonyl (C=O) groups is 1. The minimum atomic E-state index is -0.606. The lowest BCUT2D eigenvalue weighted by Crippen LogP contribution is -2.20. The summed E-state index contributed by atoms with van der Waals surface area (Å²) in [5.41, 5.74) is 5.89. The highest BCUT2D eigenvalue weighted by Gasteiger charge is 1.98. The SMILES string of the molecule is CN(C)c1ccc(NC(N)=O)nc1. The Morgan fingerprint density at radius 2 is 2.23 bits per heavy atom. The Bertz CT molecular complexity index is 294. The highest BCUT2D eigenvalue weighted by Crippen LogP contribution is 2.11. The monoisotopic (exact) mass is 180 g/mol. The second kappa shape index (κ2) is 3.75. The molecule has 0 bridgehead atoms. The molecular formula is C8H12N4O. The van der Waals surface area contributed by atoms with Crippen molar-refractivity contribution < 1.29 is 4.79 Å². The highest BCUT2D eigenvalue weighted by atomic mass is 16.2. The molecule has 0 aliphatic carbocycles. The van der Waals surface area contributed by atoms with Crippen molar-refractivity contribution in [3.8, 4) is 0 Å². The molecule has 5 heteroatoms. The number of anilines is 2. The summed E-state index contributed by atoms with van der Waals surface area (Å²) in [6.07, 6.45) is 1.66. The van der Waals surface area contributed by atoms with Crippen molar-refractivity contribution >= 4 is 17.5 Å². The van der Waals surface area contributed by atoms with Gasteiger partial charge in [0.2, 0.25) is 0 Å². The van der Waals surface area contributed by atoms with E-state index in [-0.39, 0.29) is 0 Å². The Morgan fingerprint density at radius 3 is 2.62 bits per heavy atom. The maximum absolute atomic E-state index is 10.4. The number of rotatable bonds is 2. The molecule has 13 heavy (non-hydrogen) atoms. The average Bonchev–Trinajstić information content (AvgIpc) is 2.04. The Labute approximate surface area is 76.6 Å². The summed E-state index contributed by atoms with van der Waals surface area (Å²) < 4.78 is 0. The van der Waals surface area contributed by atoms with Crippen molar-refractivity contribution in [1.29, 1.82) is 0 Å². The van der Waals surface area contributed by atoms with Gasteiger partial charge in [0.1, 0.15) is 5.82 Å². The molecule has 0 aliphatic rings. The van der Waals surface area contributed by atoms with Gasteiger partial charge in [-0.1, -0.05) is 0 Å². The van der Waals surface area contributed by atoms with Crippen LogP contribution in [-0.4, -0.2) is 25.1 Å². The minimum Gasteiger partial charge on any atom is -0.376 e. The lowest BCUT2D eigenvalue weighted by molar-refractivity contribution is 0.259. The summed E-state index contributed by atoms with van der Waals surface area (Å²) in [6, 6.07) is 2.93. The van der Waals surface area contributed by atoms with E-state index in [0.717, 1.165) is 5.69 Å². The molecule has 1 aromatic heterocycles. The number of hydrogen-bond acceptors (Lipinski definition) is 3. The third-order valence-electron chi connectivity index (χ3n) is 1.52. The molecule has 0 aromatic carbocycles. The minimum absolute atomic E-state index is 0.457. The van der Waals surface area contributed by atoms with E-state index in [0.29, 0.717) is 5.82 Å². The first kappa shape index (κ1) is 9.31. The van der Waals surface area contributed by atoms with E-state index in [4.69, 9.17) is 5.73 Å². The molecule has 0 atom stereocenters. The molecule has 0 saturated carbocycles. The third-order valence-corrected chi connectivity index (χ3v) is 1.52. The predicted octanol–water partition coefficient (Wildman–Crippen LogP) is 0.638. The predicted molar refractivity (Wildman–Crippen MR) is 51.8 cm³/mol. The average molecular weight is 180 g/mol. The molecule has 0 fully saturated rings. The first-order valence-corrected chi connectivity index (χ1v) is 3.79. The van der Waals surface area contributed by atoms with Crippen LogP contribution in [0.4, 0.5) is 16.3 Å². The molecule has 0 saturated heterocycles. The fraction of sp³-hybridized carbons (Fsp3) is 0.250. The summed E-state index contributed by atoms with van der Waals surface area (Å²) >= 11 is 0. The zero-order valence-electron chi connectivity index (χ0n) is 7.61.